The highest BCUT2D eigenvalue weighted by molar-refractivity contribution is 5.89. The second-order valence-corrected chi connectivity index (χ2v) is 5.60. The molecule has 1 aliphatic rings. The fraction of sp³-hybridized carbons (Fsp3) is 0.588. The van der Waals surface area contributed by atoms with E-state index in [4.69, 9.17) is 4.74 Å². The average molecular weight is 275 g/mol. The topological polar surface area (TPSA) is 38.3 Å². The van der Waals surface area contributed by atoms with Crippen LogP contribution in [-0.4, -0.2) is 19.1 Å². The van der Waals surface area contributed by atoms with E-state index >= 15 is 0 Å². The highest BCUT2D eigenvalue weighted by atomic mass is 16.5. The Morgan fingerprint density at radius 2 is 1.90 bits per heavy atom. The minimum absolute atomic E-state index is 0.231. The largest absolute Gasteiger partial charge is 0.462 e. The van der Waals surface area contributed by atoms with E-state index in [0.717, 1.165) is 24.6 Å². The smallest absolute Gasteiger partial charge is 0.338 e. The molecule has 0 amide bonds. The van der Waals surface area contributed by atoms with Crippen LogP contribution in [0, 0.1) is 5.92 Å². The summed E-state index contributed by atoms with van der Waals surface area (Å²) in [5, 5.41) is 3.47. The lowest BCUT2D eigenvalue weighted by molar-refractivity contribution is 0.0505. The third kappa shape index (κ3) is 4.55. The van der Waals surface area contributed by atoms with Crippen molar-refractivity contribution in [1.82, 2.24) is 0 Å². The molecule has 0 aromatic heterocycles. The summed E-state index contributed by atoms with van der Waals surface area (Å²) in [6.07, 6.45) is 7.67. The van der Waals surface area contributed by atoms with Gasteiger partial charge in [-0.15, -0.1) is 0 Å². The number of hydrogen-bond donors (Lipinski definition) is 1. The Kier molecular flexibility index (Phi) is 5.90. The molecule has 1 N–H and O–H groups in total. The Labute approximate surface area is 121 Å². The molecule has 1 fully saturated rings. The maximum atomic E-state index is 11.7. The van der Waals surface area contributed by atoms with E-state index in [-0.39, 0.29) is 5.97 Å². The number of rotatable bonds is 6. The zero-order valence-corrected chi connectivity index (χ0v) is 12.4. The second kappa shape index (κ2) is 7.93. The molecule has 1 aromatic rings. The molecular weight excluding hydrogens is 250 g/mol. The van der Waals surface area contributed by atoms with Gasteiger partial charge in [0.25, 0.3) is 0 Å². The van der Waals surface area contributed by atoms with Gasteiger partial charge in [-0.3, -0.25) is 0 Å². The van der Waals surface area contributed by atoms with Crippen molar-refractivity contribution < 1.29 is 9.53 Å². The molecule has 0 bridgehead atoms. The van der Waals surface area contributed by atoms with Crippen LogP contribution in [0.3, 0.4) is 0 Å². The van der Waals surface area contributed by atoms with Crippen LogP contribution in [0.5, 0.6) is 0 Å². The van der Waals surface area contributed by atoms with Gasteiger partial charge in [0.05, 0.1) is 12.2 Å². The summed E-state index contributed by atoms with van der Waals surface area (Å²) in [5.74, 6) is 0.573. The van der Waals surface area contributed by atoms with Gasteiger partial charge in [0.2, 0.25) is 0 Å². The number of esters is 1. The van der Waals surface area contributed by atoms with Crippen LogP contribution < -0.4 is 5.32 Å². The Morgan fingerprint density at radius 1 is 1.20 bits per heavy atom. The molecule has 0 aliphatic heterocycles. The summed E-state index contributed by atoms with van der Waals surface area (Å²) in [5.41, 5.74) is 1.71. The molecule has 1 aliphatic carbocycles. The van der Waals surface area contributed by atoms with Gasteiger partial charge in [0.15, 0.2) is 0 Å². The maximum Gasteiger partial charge on any atom is 0.338 e. The van der Waals surface area contributed by atoms with E-state index < -0.39 is 0 Å². The van der Waals surface area contributed by atoms with Crippen molar-refractivity contribution in [1.29, 1.82) is 0 Å². The highest BCUT2D eigenvalue weighted by Crippen LogP contribution is 2.24. The van der Waals surface area contributed by atoms with E-state index in [0.29, 0.717) is 12.2 Å². The van der Waals surface area contributed by atoms with Crippen molar-refractivity contribution in [2.75, 3.05) is 18.5 Å². The minimum atomic E-state index is -0.231. The Morgan fingerprint density at radius 3 is 2.55 bits per heavy atom. The lowest BCUT2D eigenvalue weighted by Gasteiger charge is -2.22. The number of anilines is 1. The van der Waals surface area contributed by atoms with Gasteiger partial charge in [-0.2, -0.15) is 0 Å². The molecular formula is C17H25NO2. The van der Waals surface area contributed by atoms with Gasteiger partial charge in [0.1, 0.15) is 0 Å². The molecule has 0 spiro atoms. The number of hydrogen-bond acceptors (Lipinski definition) is 3. The van der Waals surface area contributed by atoms with Gasteiger partial charge < -0.3 is 10.1 Å². The number of nitrogens with one attached hydrogen (secondary N) is 1. The summed E-state index contributed by atoms with van der Waals surface area (Å²) < 4.78 is 5.11. The zero-order chi connectivity index (χ0) is 14.2. The molecule has 3 heteroatoms. The van der Waals surface area contributed by atoms with Crippen LogP contribution in [-0.2, 0) is 4.74 Å². The molecule has 0 heterocycles. The molecule has 1 saturated carbocycles. The first kappa shape index (κ1) is 14.9. The number of benzene rings is 1. The van der Waals surface area contributed by atoms with E-state index in [1.165, 1.54) is 32.1 Å². The minimum Gasteiger partial charge on any atom is -0.462 e. The van der Waals surface area contributed by atoms with E-state index in [1.807, 2.05) is 31.2 Å². The quantitative estimate of drug-likeness (QED) is 0.789. The molecule has 0 atom stereocenters. The summed E-state index contributed by atoms with van der Waals surface area (Å²) in [6, 6.07) is 7.60. The molecule has 2 rings (SSSR count). The van der Waals surface area contributed by atoms with Gasteiger partial charge >= 0.3 is 5.97 Å². The molecule has 0 saturated heterocycles. The van der Waals surface area contributed by atoms with Gasteiger partial charge in [0, 0.05) is 12.2 Å². The van der Waals surface area contributed by atoms with Gasteiger partial charge in [-0.1, -0.05) is 26.2 Å². The maximum absolute atomic E-state index is 11.7. The van der Waals surface area contributed by atoms with Crippen molar-refractivity contribution in [3.05, 3.63) is 29.8 Å². The molecule has 20 heavy (non-hydrogen) atoms. The van der Waals surface area contributed by atoms with Crippen molar-refractivity contribution in [2.24, 2.45) is 5.92 Å². The highest BCUT2D eigenvalue weighted by Gasteiger charge is 2.13. The van der Waals surface area contributed by atoms with Crippen LogP contribution in [0.4, 0.5) is 5.69 Å². The normalized spacial score (nSPS) is 15.8. The third-order valence-electron chi connectivity index (χ3n) is 3.88. The molecule has 0 unspecified atom stereocenters. The first-order valence-electron chi connectivity index (χ1n) is 7.80. The molecule has 110 valence electrons. The molecule has 1 aromatic carbocycles. The zero-order valence-electron chi connectivity index (χ0n) is 12.4. The van der Waals surface area contributed by atoms with Crippen LogP contribution in [0.15, 0.2) is 24.3 Å². The standard InChI is InChI=1S/C17H25NO2/c1-2-12-20-17(19)15-8-10-16(11-9-15)18-13-14-6-4-3-5-7-14/h8-11,14,18H,2-7,12-13H2,1H3. The van der Waals surface area contributed by atoms with E-state index in [2.05, 4.69) is 5.32 Å². The summed E-state index contributed by atoms with van der Waals surface area (Å²) in [6.45, 7) is 3.52. The van der Waals surface area contributed by atoms with Gasteiger partial charge in [-0.05, 0) is 49.4 Å². The van der Waals surface area contributed by atoms with E-state index in [9.17, 15) is 4.79 Å². The fourth-order valence-corrected chi connectivity index (χ4v) is 2.66. The predicted octanol–water partition coefficient (Wildman–Crippen LogP) is 4.25. The van der Waals surface area contributed by atoms with Crippen molar-refractivity contribution in [3.8, 4) is 0 Å². The molecule has 0 radical (unpaired) electrons. The summed E-state index contributed by atoms with van der Waals surface area (Å²) in [4.78, 5) is 11.7. The number of carbonyl (C=O) groups is 1. The second-order valence-electron chi connectivity index (χ2n) is 5.60. The lowest BCUT2D eigenvalue weighted by Crippen LogP contribution is -2.17. The number of ether oxygens (including phenoxy) is 1. The monoisotopic (exact) mass is 275 g/mol. The van der Waals surface area contributed by atoms with Gasteiger partial charge in [-0.25, -0.2) is 4.79 Å². The first-order valence-corrected chi connectivity index (χ1v) is 7.80. The van der Waals surface area contributed by atoms with Crippen molar-refractivity contribution in [3.63, 3.8) is 0 Å². The fourth-order valence-electron chi connectivity index (χ4n) is 2.66. The summed E-state index contributed by atoms with van der Waals surface area (Å²) >= 11 is 0. The van der Waals surface area contributed by atoms with Crippen LogP contribution >= 0.6 is 0 Å². The Hall–Kier alpha value is -1.51. The number of carbonyl (C=O) groups excluding carboxylic acids is 1. The predicted molar refractivity (Wildman–Crippen MR) is 82.1 cm³/mol. The van der Waals surface area contributed by atoms with Crippen LogP contribution in [0.1, 0.15) is 55.8 Å². The average Bonchev–Trinajstić information content (AvgIpc) is 2.52. The third-order valence-corrected chi connectivity index (χ3v) is 3.88. The summed E-state index contributed by atoms with van der Waals surface area (Å²) in [7, 11) is 0. The lowest BCUT2D eigenvalue weighted by atomic mass is 9.89. The molecule has 3 nitrogen and oxygen atoms in total. The SMILES string of the molecule is CCCOC(=O)c1ccc(NCC2CCCCC2)cc1. The van der Waals surface area contributed by atoms with Crippen LogP contribution in [0.2, 0.25) is 0 Å². The Bertz CT molecular complexity index is 408. The Balaban J connectivity index is 1.80. The van der Waals surface area contributed by atoms with Crippen molar-refractivity contribution >= 4 is 11.7 Å². The van der Waals surface area contributed by atoms with Crippen LogP contribution in [0.25, 0.3) is 0 Å². The van der Waals surface area contributed by atoms with Crippen molar-refractivity contribution in [2.45, 2.75) is 45.4 Å². The first-order chi connectivity index (χ1) is 9.79. The van der Waals surface area contributed by atoms with E-state index in [1.54, 1.807) is 0 Å².